The van der Waals surface area contributed by atoms with Gasteiger partial charge in [-0.3, -0.25) is 4.90 Å². The third kappa shape index (κ3) is 2.34. The highest BCUT2D eigenvalue weighted by atomic mass is 79.9. The number of nitrogens with zero attached hydrogens (tertiary/aromatic N) is 1. The third-order valence-corrected chi connectivity index (χ3v) is 3.72. The maximum absolute atomic E-state index is 6.18. The average molecular weight is 287 g/mol. The minimum absolute atomic E-state index is 0.182. The van der Waals surface area contributed by atoms with Gasteiger partial charge in [0.15, 0.2) is 0 Å². The predicted octanol–water partition coefficient (Wildman–Crippen LogP) is 2.77. The van der Waals surface area contributed by atoms with Crippen LogP contribution in [0, 0.1) is 5.92 Å². The van der Waals surface area contributed by atoms with E-state index in [1.54, 1.807) is 6.26 Å². The lowest BCUT2D eigenvalue weighted by molar-refractivity contribution is 0.197. The van der Waals surface area contributed by atoms with E-state index in [0.29, 0.717) is 5.92 Å². The Bertz CT molecular complexity index is 351. The molecule has 2 rings (SSSR count). The van der Waals surface area contributed by atoms with Gasteiger partial charge in [-0.1, -0.05) is 13.8 Å². The Morgan fingerprint density at radius 3 is 2.94 bits per heavy atom. The summed E-state index contributed by atoms with van der Waals surface area (Å²) in [6.07, 6.45) is 2.77. The second kappa shape index (κ2) is 4.90. The Kier molecular flexibility index (Phi) is 3.72. The molecule has 1 saturated heterocycles. The molecule has 4 heteroatoms. The van der Waals surface area contributed by atoms with Crippen molar-refractivity contribution >= 4 is 15.9 Å². The smallest absolute Gasteiger partial charge is 0.136 e. The van der Waals surface area contributed by atoms with Crippen molar-refractivity contribution in [2.24, 2.45) is 11.7 Å². The Balaban J connectivity index is 2.19. The lowest BCUT2D eigenvalue weighted by Crippen LogP contribution is -2.33. The minimum Gasteiger partial charge on any atom is -0.466 e. The van der Waals surface area contributed by atoms with Gasteiger partial charge in [0.2, 0.25) is 0 Å². The maximum atomic E-state index is 6.18. The highest BCUT2D eigenvalue weighted by Crippen LogP contribution is 2.36. The first kappa shape index (κ1) is 12.1. The first-order chi connectivity index (χ1) is 7.59. The van der Waals surface area contributed by atoms with Crippen LogP contribution in [0.5, 0.6) is 0 Å². The van der Waals surface area contributed by atoms with Gasteiger partial charge in [0, 0.05) is 19.1 Å². The Morgan fingerprint density at radius 2 is 2.38 bits per heavy atom. The van der Waals surface area contributed by atoms with E-state index in [0.717, 1.165) is 29.7 Å². The van der Waals surface area contributed by atoms with Crippen LogP contribution in [0.3, 0.4) is 0 Å². The van der Waals surface area contributed by atoms with Gasteiger partial charge in [-0.25, -0.2) is 0 Å². The fourth-order valence-corrected chi connectivity index (χ4v) is 2.87. The molecule has 1 fully saturated rings. The molecule has 0 bridgehead atoms. The monoisotopic (exact) mass is 286 g/mol. The van der Waals surface area contributed by atoms with E-state index in [9.17, 15) is 0 Å². The topological polar surface area (TPSA) is 42.4 Å². The number of furan rings is 1. The Labute approximate surface area is 105 Å². The molecule has 0 amide bonds. The van der Waals surface area contributed by atoms with Crippen LogP contribution in [-0.2, 0) is 0 Å². The van der Waals surface area contributed by atoms with Crippen LogP contribution in [0.4, 0.5) is 0 Å². The third-order valence-electron chi connectivity index (χ3n) is 3.06. The molecule has 3 nitrogen and oxygen atoms in total. The quantitative estimate of drug-likeness (QED) is 0.929. The maximum Gasteiger partial charge on any atom is 0.136 e. The van der Waals surface area contributed by atoms with Crippen LogP contribution in [0.25, 0.3) is 0 Å². The molecule has 2 atom stereocenters. The molecule has 1 aliphatic rings. The van der Waals surface area contributed by atoms with Crippen molar-refractivity contribution in [3.63, 3.8) is 0 Å². The lowest BCUT2D eigenvalue weighted by Gasteiger charge is -2.26. The Hall–Kier alpha value is -0.320. The average Bonchev–Trinajstić information content (AvgIpc) is 2.73. The van der Waals surface area contributed by atoms with E-state index in [4.69, 9.17) is 10.2 Å². The van der Waals surface area contributed by atoms with Crippen molar-refractivity contribution in [1.82, 2.24) is 4.90 Å². The summed E-state index contributed by atoms with van der Waals surface area (Å²) in [5, 5.41) is 0. The van der Waals surface area contributed by atoms with Crippen molar-refractivity contribution < 1.29 is 4.42 Å². The molecule has 1 aliphatic heterocycles. The summed E-state index contributed by atoms with van der Waals surface area (Å²) in [6, 6.07) is 2.35. The number of hydrogen-bond donors (Lipinski definition) is 1. The largest absolute Gasteiger partial charge is 0.466 e. The van der Waals surface area contributed by atoms with Crippen LogP contribution >= 0.6 is 15.9 Å². The molecule has 0 aromatic carbocycles. The fraction of sp³-hybridized carbons (Fsp3) is 0.667. The fourth-order valence-electron chi connectivity index (χ4n) is 2.43. The molecule has 2 N–H and O–H groups in total. The van der Waals surface area contributed by atoms with Gasteiger partial charge < -0.3 is 10.2 Å². The second-order valence-corrected chi connectivity index (χ2v) is 5.77. The van der Waals surface area contributed by atoms with Crippen LogP contribution in [-0.4, -0.2) is 24.0 Å². The van der Waals surface area contributed by atoms with Crippen LogP contribution in [0.1, 0.15) is 32.1 Å². The number of rotatable bonds is 3. The van der Waals surface area contributed by atoms with Gasteiger partial charge in [0.25, 0.3) is 0 Å². The van der Waals surface area contributed by atoms with E-state index < -0.39 is 0 Å². The van der Waals surface area contributed by atoms with E-state index in [1.165, 1.54) is 0 Å². The minimum atomic E-state index is 0.182. The zero-order valence-corrected chi connectivity index (χ0v) is 11.4. The summed E-state index contributed by atoms with van der Waals surface area (Å²) < 4.78 is 6.59. The highest BCUT2D eigenvalue weighted by Gasteiger charge is 2.36. The summed E-state index contributed by atoms with van der Waals surface area (Å²) in [7, 11) is 0. The van der Waals surface area contributed by atoms with Crippen LogP contribution < -0.4 is 5.73 Å². The standard InChI is InChI=1S/C12H19BrN2O/c1-8(2)7-15-5-3-10(14)11(15)12-9(13)4-6-16-12/h4,6,8,10-11H,3,5,7,14H2,1-2H3. The first-order valence-corrected chi connectivity index (χ1v) is 6.61. The number of likely N-dealkylation sites (tertiary alicyclic amines) is 1. The number of hydrogen-bond acceptors (Lipinski definition) is 3. The van der Waals surface area contributed by atoms with E-state index in [1.807, 2.05) is 6.07 Å². The lowest BCUT2D eigenvalue weighted by atomic mass is 10.1. The molecule has 0 aliphatic carbocycles. The molecular weight excluding hydrogens is 268 g/mol. The number of nitrogens with two attached hydrogens (primary N) is 1. The SMILES string of the molecule is CC(C)CN1CCC(N)C1c1occc1Br. The summed E-state index contributed by atoms with van der Waals surface area (Å²) in [5.41, 5.74) is 6.18. The Morgan fingerprint density at radius 1 is 1.62 bits per heavy atom. The van der Waals surface area contributed by atoms with Gasteiger partial charge in [0.1, 0.15) is 5.76 Å². The van der Waals surface area contributed by atoms with E-state index in [-0.39, 0.29) is 12.1 Å². The summed E-state index contributed by atoms with van der Waals surface area (Å²) in [5.74, 6) is 1.63. The van der Waals surface area contributed by atoms with Crippen molar-refractivity contribution in [3.05, 3.63) is 22.6 Å². The van der Waals surface area contributed by atoms with Crippen molar-refractivity contribution in [1.29, 1.82) is 0 Å². The molecule has 0 spiro atoms. The van der Waals surface area contributed by atoms with Gasteiger partial charge in [-0.05, 0) is 34.3 Å². The normalized spacial score (nSPS) is 26.8. The molecule has 2 unspecified atom stereocenters. The zero-order valence-electron chi connectivity index (χ0n) is 9.82. The predicted molar refractivity (Wildman–Crippen MR) is 68.2 cm³/mol. The van der Waals surface area contributed by atoms with Gasteiger partial charge >= 0.3 is 0 Å². The molecule has 0 saturated carbocycles. The molecule has 0 radical (unpaired) electrons. The summed E-state index contributed by atoms with van der Waals surface area (Å²) in [6.45, 7) is 6.61. The molecule has 16 heavy (non-hydrogen) atoms. The van der Waals surface area contributed by atoms with Crippen molar-refractivity contribution in [3.8, 4) is 0 Å². The number of halogens is 1. The molecule has 1 aromatic heterocycles. The van der Waals surface area contributed by atoms with Crippen LogP contribution in [0.15, 0.2) is 21.2 Å². The van der Waals surface area contributed by atoms with E-state index >= 15 is 0 Å². The molecule has 2 heterocycles. The summed E-state index contributed by atoms with van der Waals surface area (Å²) >= 11 is 3.52. The zero-order chi connectivity index (χ0) is 11.7. The highest BCUT2D eigenvalue weighted by molar-refractivity contribution is 9.10. The molecule has 1 aromatic rings. The van der Waals surface area contributed by atoms with Crippen LogP contribution in [0.2, 0.25) is 0 Å². The molecular formula is C12H19BrN2O. The van der Waals surface area contributed by atoms with Gasteiger partial charge in [-0.15, -0.1) is 0 Å². The first-order valence-electron chi connectivity index (χ1n) is 5.82. The van der Waals surface area contributed by atoms with Gasteiger partial charge in [0.05, 0.1) is 16.8 Å². The second-order valence-electron chi connectivity index (χ2n) is 4.92. The summed E-state index contributed by atoms with van der Waals surface area (Å²) in [4.78, 5) is 2.43. The van der Waals surface area contributed by atoms with Crippen molar-refractivity contribution in [2.45, 2.75) is 32.4 Å². The van der Waals surface area contributed by atoms with Gasteiger partial charge in [-0.2, -0.15) is 0 Å². The van der Waals surface area contributed by atoms with Crippen molar-refractivity contribution in [2.75, 3.05) is 13.1 Å². The van der Waals surface area contributed by atoms with E-state index in [2.05, 4.69) is 34.7 Å². The molecule has 90 valence electrons.